The van der Waals surface area contributed by atoms with Crippen molar-refractivity contribution in [3.63, 3.8) is 0 Å². The van der Waals surface area contributed by atoms with Crippen molar-refractivity contribution in [3.05, 3.63) is 69.2 Å². The lowest BCUT2D eigenvalue weighted by Gasteiger charge is -1.98. The molecule has 108 valence electrons. The Morgan fingerprint density at radius 2 is 1.35 bits per heavy atom. The van der Waals surface area contributed by atoms with E-state index in [1.165, 1.54) is 12.1 Å². The van der Waals surface area contributed by atoms with Crippen molar-refractivity contribution >= 4 is 51.8 Å². The molecule has 0 unspecified atom stereocenters. The highest BCUT2D eigenvalue weighted by molar-refractivity contribution is 9.08. The lowest BCUT2D eigenvalue weighted by atomic mass is 10.2. The summed E-state index contributed by atoms with van der Waals surface area (Å²) in [6.45, 7) is 0. The van der Waals surface area contributed by atoms with E-state index >= 15 is 0 Å². The number of halogens is 5. The minimum absolute atomic E-state index is 0.159. The highest BCUT2D eigenvalue weighted by Gasteiger charge is 2.03. The van der Waals surface area contributed by atoms with E-state index in [-0.39, 0.29) is 21.7 Å². The van der Waals surface area contributed by atoms with Crippen molar-refractivity contribution in [2.45, 2.75) is 11.1 Å². The fourth-order valence-corrected chi connectivity index (χ4v) is 2.39. The standard InChI is InChI=1S/C7H5BrClF.C7H6ClFS/c8-4-5-2-1-3-6(9)7(5)10;8-6-3-1-2-5(4-10)7(6)9/h1-3H,4H2;1-3,10H,4H2. The summed E-state index contributed by atoms with van der Waals surface area (Å²) < 4.78 is 25.7. The molecule has 2 aromatic carbocycles. The van der Waals surface area contributed by atoms with Gasteiger partial charge in [0.15, 0.2) is 0 Å². The van der Waals surface area contributed by atoms with E-state index in [4.69, 9.17) is 23.2 Å². The summed E-state index contributed by atoms with van der Waals surface area (Å²) in [6.07, 6.45) is 0. The predicted molar refractivity (Wildman–Crippen MR) is 88.1 cm³/mol. The van der Waals surface area contributed by atoms with Gasteiger partial charge in [-0.1, -0.05) is 63.4 Å². The van der Waals surface area contributed by atoms with E-state index in [0.717, 1.165) is 0 Å². The first-order valence-electron chi connectivity index (χ1n) is 5.53. The third kappa shape index (κ3) is 4.92. The average molecular weight is 400 g/mol. The van der Waals surface area contributed by atoms with E-state index in [0.29, 0.717) is 22.2 Å². The van der Waals surface area contributed by atoms with Crippen LogP contribution in [0.25, 0.3) is 0 Å². The maximum absolute atomic E-state index is 12.8. The molecule has 0 fully saturated rings. The second kappa shape index (κ2) is 8.88. The van der Waals surface area contributed by atoms with Crippen molar-refractivity contribution in [2.24, 2.45) is 0 Å². The Morgan fingerprint density at radius 3 is 1.70 bits per heavy atom. The van der Waals surface area contributed by atoms with Crippen LogP contribution in [0.5, 0.6) is 0 Å². The molecule has 0 atom stereocenters. The van der Waals surface area contributed by atoms with Crippen LogP contribution in [0.1, 0.15) is 11.1 Å². The van der Waals surface area contributed by atoms with Gasteiger partial charge in [0.1, 0.15) is 11.6 Å². The molecular weight excluding hydrogens is 389 g/mol. The zero-order valence-corrected chi connectivity index (χ0v) is 14.2. The normalized spacial score (nSPS) is 9.90. The molecule has 0 saturated heterocycles. The van der Waals surface area contributed by atoms with Gasteiger partial charge in [-0.05, 0) is 23.3 Å². The molecule has 0 aromatic heterocycles. The molecule has 20 heavy (non-hydrogen) atoms. The summed E-state index contributed by atoms with van der Waals surface area (Å²) in [5.74, 6) is -0.313. The molecule has 0 amide bonds. The Labute approximate surface area is 140 Å². The van der Waals surface area contributed by atoms with Crippen molar-refractivity contribution < 1.29 is 8.78 Å². The summed E-state index contributed by atoms with van der Waals surface area (Å²) in [5.41, 5.74) is 1.13. The topological polar surface area (TPSA) is 0 Å². The molecule has 2 aromatic rings. The monoisotopic (exact) mass is 398 g/mol. The highest BCUT2D eigenvalue weighted by Crippen LogP contribution is 2.19. The Hall–Kier alpha value is -0.290. The zero-order chi connectivity index (χ0) is 15.1. The fraction of sp³-hybridized carbons (Fsp3) is 0.143. The van der Waals surface area contributed by atoms with Crippen molar-refractivity contribution in [2.75, 3.05) is 0 Å². The quantitative estimate of drug-likeness (QED) is 0.445. The SMILES string of the molecule is Fc1c(Cl)cccc1CBr.Fc1c(Cl)cccc1CS. The molecule has 0 nitrogen and oxygen atoms in total. The molecule has 0 spiro atoms. The number of hydrogen-bond acceptors (Lipinski definition) is 1. The zero-order valence-electron chi connectivity index (χ0n) is 10.2. The lowest BCUT2D eigenvalue weighted by molar-refractivity contribution is 0.617. The van der Waals surface area contributed by atoms with Gasteiger partial charge in [-0.15, -0.1) is 0 Å². The lowest BCUT2D eigenvalue weighted by Crippen LogP contribution is -1.85. The van der Waals surface area contributed by atoms with Crippen LogP contribution in [-0.4, -0.2) is 0 Å². The van der Waals surface area contributed by atoms with Crippen LogP contribution in [0.2, 0.25) is 10.0 Å². The number of benzene rings is 2. The summed E-state index contributed by atoms with van der Waals surface area (Å²) in [6, 6.07) is 9.83. The largest absolute Gasteiger partial charge is 0.205 e. The number of rotatable bonds is 2. The van der Waals surface area contributed by atoms with Gasteiger partial charge in [-0.2, -0.15) is 12.6 Å². The maximum Gasteiger partial charge on any atom is 0.145 e. The summed E-state index contributed by atoms with van der Waals surface area (Å²) in [7, 11) is 0. The first-order chi connectivity index (χ1) is 9.51. The van der Waals surface area contributed by atoms with Crippen LogP contribution in [0, 0.1) is 11.6 Å². The van der Waals surface area contributed by atoms with Gasteiger partial charge in [0.05, 0.1) is 10.0 Å². The number of alkyl halides is 1. The third-order valence-electron chi connectivity index (χ3n) is 2.38. The molecule has 2 rings (SSSR count). The van der Waals surface area contributed by atoms with Gasteiger partial charge >= 0.3 is 0 Å². The van der Waals surface area contributed by atoms with Crippen molar-refractivity contribution in [1.29, 1.82) is 0 Å². The molecule has 0 aliphatic carbocycles. The van der Waals surface area contributed by atoms with Crippen molar-refractivity contribution in [3.8, 4) is 0 Å². The highest BCUT2D eigenvalue weighted by atomic mass is 79.9. The van der Waals surface area contributed by atoms with Crippen LogP contribution >= 0.6 is 51.8 Å². The summed E-state index contributed by atoms with van der Waals surface area (Å²) >= 11 is 18.1. The first-order valence-corrected chi connectivity index (χ1v) is 8.04. The Bertz CT molecular complexity index is 528. The molecule has 0 saturated carbocycles. The molecule has 0 N–H and O–H groups in total. The Morgan fingerprint density at radius 1 is 0.900 bits per heavy atom. The van der Waals surface area contributed by atoms with Gasteiger partial charge in [0, 0.05) is 11.1 Å². The number of hydrogen-bond donors (Lipinski definition) is 1. The molecular formula is C14H11BrCl2F2S. The van der Waals surface area contributed by atoms with Gasteiger partial charge in [-0.25, -0.2) is 8.78 Å². The first kappa shape index (κ1) is 17.8. The smallest absolute Gasteiger partial charge is 0.145 e. The minimum Gasteiger partial charge on any atom is -0.205 e. The summed E-state index contributed by atoms with van der Waals surface area (Å²) in [4.78, 5) is 0. The minimum atomic E-state index is -0.362. The molecule has 0 heterocycles. The summed E-state index contributed by atoms with van der Waals surface area (Å²) in [5, 5.41) is 0.836. The predicted octanol–water partition coefficient (Wildman–Crippen LogP) is 6.28. The van der Waals surface area contributed by atoms with Gasteiger partial charge in [-0.3, -0.25) is 0 Å². The molecule has 0 aliphatic rings. The van der Waals surface area contributed by atoms with Crippen LogP contribution < -0.4 is 0 Å². The number of thiol groups is 1. The van der Waals surface area contributed by atoms with Gasteiger partial charge in [0.25, 0.3) is 0 Å². The Balaban J connectivity index is 0.000000200. The fourth-order valence-electron chi connectivity index (χ4n) is 1.32. The molecule has 0 radical (unpaired) electrons. The van der Waals surface area contributed by atoms with E-state index in [1.807, 2.05) is 0 Å². The van der Waals surface area contributed by atoms with Crippen LogP contribution in [-0.2, 0) is 11.1 Å². The second-order valence-corrected chi connectivity index (χ2v) is 5.41. The van der Waals surface area contributed by atoms with E-state index in [2.05, 4.69) is 28.6 Å². The van der Waals surface area contributed by atoms with E-state index in [1.54, 1.807) is 24.3 Å². The van der Waals surface area contributed by atoms with Crippen LogP contribution in [0.15, 0.2) is 36.4 Å². The maximum atomic E-state index is 12.8. The second-order valence-electron chi connectivity index (χ2n) is 3.72. The molecule has 0 bridgehead atoms. The van der Waals surface area contributed by atoms with E-state index in [9.17, 15) is 8.78 Å². The Kier molecular flexibility index (Phi) is 7.88. The van der Waals surface area contributed by atoms with E-state index < -0.39 is 0 Å². The van der Waals surface area contributed by atoms with Crippen LogP contribution in [0.3, 0.4) is 0 Å². The molecule has 0 aliphatic heterocycles. The molecule has 6 heteroatoms. The van der Waals surface area contributed by atoms with Crippen LogP contribution in [0.4, 0.5) is 8.78 Å². The van der Waals surface area contributed by atoms with Gasteiger partial charge < -0.3 is 0 Å². The third-order valence-corrected chi connectivity index (χ3v) is 3.91. The van der Waals surface area contributed by atoms with Crippen molar-refractivity contribution in [1.82, 2.24) is 0 Å². The van der Waals surface area contributed by atoms with Gasteiger partial charge in [0.2, 0.25) is 0 Å². The average Bonchev–Trinajstić information content (AvgIpc) is 2.45.